The molecule has 1 aromatic rings. The van der Waals surface area contributed by atoms with Gasteiger partial charge in [-0.3, -0.25) is 19.4 Å². The molecule has 0 aliphatic carbocycles. The predicted molar refractivity (Wildman–Crippen MR) is 91.6 cm³/mol. The number of alkyl halides is 3. The summed E-state index contributed by atoms with van der Waals surface area (Å²) in [7, 11) is 0. The molecule has 144 valence electrons. The number of piperazine rings is 1. The van der Waals surface area contributed by atoms with Gasteiger partial charge >= 0.3 is 6.18 Å². The van der Waals surface area contributed by atoms with Gasteiger partial charge in [0.25, 0.3) is 0 Å². The Hall–Kier alpha value is -2.13. The summed E-state index contributed by atoms with van der Waals surface area (Å²) in [6, 6.07) is 4.36. The first-order chi connectivity index (χ1) is 12.3. The lowest BCUT2D eigenvalue weighted by Crippen LogP contribution is -2.51. The van der Waals surface area contributed by atoms with Crippen LogP contribution in [0.3, 0.4) is 0 Å². The van der Waals surface area contributed by atoms with E-state index in [-0.39, 0.29) is 18.4 Å². The predicted octanol–water partition coefficient (Wildman–Crippen LogP) is 1.40. The van der Waals surface area contributed by atoms with E-state index < -0.39 is 11.7 Å². The van der Waals surface area contributed by atoms with Crippen LogP contribution in [0.4, 0.5) is 18.9 Å². The highest BCUT2D eigenvalue weighted by Gasteiger charge is 2.30. The zero-order valence-electron chi connectivity index (χ0n) is 14.6. The Bertz CT molecular complexity index is 611. The lowest BCUT2D eigenvalue weighted by Gasteiger charge is -2.33. The van der Waals surface area contributed by atoms with Crippen LogP contribution in [0.15, 0.2) is 24.3 Å². The summed E-state index contributed by atoms with van der Waals surface area (Å²) in [6.45, 7) is 5.65. The maximum atomic E-state index is 12.5. The van der Waals surface area contributed by atoms with Gasteiger partial charge in [-0.15, -0.1) is 0 Å². The Labute approximate surface area is 150 Å². The molecule has 6 nitrogen and oxygen atoms in total. The zero-order valence-corrected chi connectivity index (χ0v) is 14.6. The average Bonchev–Trinajstić information content (AvgIpc) is 2.56. The minimum absolute atomic E-state index is 0.0130. The molecule has 26 heavy (non-hydrogen) atoms. The van der Waals surface area contributed by atoms with E-state index in [1.165, 1.54) is 12.1 Å². The number of halogens is 3. The molecule has 2 amide bonds. The first-order valence-electron chi connectivity index (χ1n) is 8.46. The standard InChI is InChI=1S/C17H23F3N4O2/c1-2-21-15(25)11-23-7-9-24(10-8-23)12-16(26)22-14-5-3-13(4-6-14)17(18,19)20/h3-6H,2,7-12H2,1H3,(H,21,25)(H,22,26). The first-order valence-corrected chi connectivity index (χ1v) is 8.46. The van der Waals surface area contributed by atoms with Gasteiger partial charge in [0.1, 0.15) is 0 Å². The van der Waals surface area contributed by atoms with E-state index in [1.807, 2.05) is 16.7 Å². The normalized spacial score (nSPS) is 16.3. The van der Waals surface area contributed by atoms with Gasteiger partial charge < -0.3 is 10.6 Å². The van der Waals surface area contributed by atoms with Crippen molar-refractivity contribution in [3.8, 4) is 0 Å². The van der Waals surface area contributed by atoms with Crippen LogP contribution in [-0.4, -0.2) is 67.4 Å². The molecule has 0 bridgehead atoms. The third-order valence-electron chi connectivity index (χ3n) is 4.07. The molecular formula is C17H23F3N4O2. The van der Waals surface area contributed by atoms with Gasteiger partial charge in [-0.25, -0.2) is 0 Å². The molecule has 1 saturated heterocycles. The van der Waals surface area contributed by atoms with Crippen molar-refractivity contribution in [2.45, 2.75) is 13.1 Å². The Kier molecular flexibility index (Phi) is 6.98. The molecule has 1 aliphatic rings. The molecule has 0 atom stereocenters. The molecule has 0 unspecified atom stereocenters. The molecule has 1 aromatic carbocycles. The highest BCUT2D eigenvalue weighted by Crippen LogP contribution is 2.29. The fourth-order valence-electron chi connectivity index (χ4n) is 2.71. The maximum Gasteiger partial charge on any atom is 0.416 e. The molecule has 1 heterocycles. The molecule has 0 radical (unpaired) electrons. The second kappa shape index (κ2) is 9.00. The van der Waals surface area contributed by atoms with Crippen molar-refractivity contribution in [2.75, 3.05) is 51.1 Å². The Morgan fingerprint density at radius 3 is 1.92 bits per heavy atom. The van der Waals surface area contributed by atoms with Crippen molar-refractivity contribution < 1.29 is 22.8 Å². The number of hydrogen-bond donors (Lipinski definition) is 2. The van der Waals surface area contributed by atoms with Gasteiger partial charge in [0.15, 0.2) is 0 Å². The van der Waals surface area contributed by atoms with Crippen LogP contribution in [0.1, 0.15) is 12.5 Å². The van der Waals surface area contributed by atoms with Crippen LogP contribution in [0.2, 0.25) is 0 Å². The number of nitrogens with zero attached hydrogens (tertiary/aromatic N) is 2. The molecule has 9 heteroatoms. The topological polar surface area (TPSA) is 64.7 Å². The van der Waals surface area contributed by atoms with Crippen molar-refractivity contribution in [1.82, 2.24) is 15.1 Å². The number of hydrogen-bond acceptors (Lipinski definition) is 4. The van der Waals surface area contributed by atoms with Gasteiger partial charge in [0, 0.05) is 38.4 Å². The van der Waals surface area contributed by atoms with E-state index in [9.17, 15) is 22.8 Å². The van der Waals surface area contributed by atoms with E-state index in [4.69, 9.17) is 0 Å². The largest absolute Gasteiger partial charge is 0.416 e. The Morgan fingerprint density at radius 2 is 1.46 bits per heavy atom. The minimum Gasteiger partial charge on any atom is -0.355 e. The molecule has 2 N–H and O–H groups in total. The molecule has 1 aliphatic heterocycles. The van der Waals surface area contributed by atoms with Gasteiger partial charge in [0.05, 0.1) is 18.7 Å². The van der Waals surface area contributed by atoms with Crippen molar-refractivity contribution in [2.24, 2.45) is 0 Å². The third kappa shape index (κ3) is 6.30. The van der Waals surface area contributed by atoms with Crippen LogP contribution >= 0.6 is 0 Å². The van der Waals surface area contributed by atoms with Crippen LogP contribution < -0.4 is 10.6 Å². The van der Waals surface area contributed by atoms with E-state index in [2.05, 4.69) is 10.6 Å². The van der Waals surface area contributed by atoms with Gasteiger partial charge in [-0.1, -0.05) is 0 Å². The number of nitrogens with one attached hydrogen (secondary N) is 2. The van der Waals surface area contributed by atoms with E-state index in [0.717, 1.165) is 12.1 Å². The Morgan fingerprint density at radius 1 is 0.962 bits per heavy atom. The molecular weight excluding hydrogens is 349 g/mol. The van der Waals surface area contributed by atoms with Crippen LogP contribution in [0, 0.1) is 0 Å². The van der Waals surface area contributed by atoms with E-state index in [0.29, 0.717) is 45.0 Å². The molecule has 0 spiro atoms. The highest BCUT2D eigenvalue weighted by molar-refractivity contribution is 5.92. The summed E-state index contributed by atoms with van der Waals surface area (Å²) in [4.78, 5) is 27.6. The summed E-state index contributed by atoms with van der Waals surface area (Å²) >= 11 is 0. The monoisotopic (exact) mass is 372 g/mol. The quantitative estimate of drug-likeness (QED) is 0.792. The highest BCUT2D eigenvalue weighted by atomic mass is 19.4. The number of rotatable bonds is 6. The summed E-state index contributed by atoms with van der Waals surface area (Å²) < 4.78 is 37.6. The third-order valence-corrected chi connectivity index (χ3v) is 4.07. The average molecular weight is 372 g/mol. The fraction of sp³-hybridized carbons (Fsp3) is 0.529. The zero-order chi connectivity index (χ0) is 19.2. The molecule has 0 saturated carbocycles. The number of likely N-dealkylation sites (N-methyl/N-ethyl adjacent to an activating group) is 1. The fourth-order valence-corrected chi connectivity index (χ4v) is 2.71. The maximum absolute atomic E-state index is 12.5. The number of anilines is 1. The van der Waals surface area contributed by atoms with Gasteiger partial charge in [-0.05, 0) is 31.2 Å². The second-order valence-corrected chi connectivity index (χ2v) is 6.13. The lowest BCUT2D eigenvalue weighted by molar-refractivity contribution is -0.137. The van der Waals surface area contributed by atoms with Crippen LogP contribution in [-0.2, 0) is 15.8 Å². The van der Waals surface area contributed by atoms with Crippen molar-refractivity contribution in [3.05, 3.63) is 29.8 Å². The van der Waals surface area contributed by atoms with Gasteiger partial charge in [-0.2, -0.15) is 13.2 Å². The smallest absolute Gasteiger partial charge is 0.355 e. The molecule has 2 rings (SSSR count). The number of carbonyl (C=O) groups is 2. The van der Waals surface area contributed by atoms with E-state index >= 15 is 0 Å². The van der Waals surface area contributed by atoms with Crippen LogP contribution in [0.5, 0.6) is 0 Å². The van der Waals surface area contributed by atoms with Crippen LogP contribution in [0.25, 0.3) is 0 Å². The summed E-state index contributed by atoms with van der Waals surface area (Å²) in [5, 5.41) is 5.35. The summed E-state index contributed by atoms with van der Waals surface area (Å²) in [5.41, 5.74) is -0.420. The second-order valence-electron chi connectivity index (χ2n) is 6.13. The van der Waals surface area contributed by atoms with Gasteiger partial charge in [0.2, 0.25) is 11.8 Å². The lowest BCUT2D eigenvalue weighted by atomic mass is 10.2. The molecule has 1 fully saturated rings. The first kappa shape index (κ1) is 20.2. The Balaban J connectivity index is 1.74. The number of carbonyl (C=O) groups excluding carboxylic acids is 2. The number of amides is 2. The number of benzene rings is 1. The van der Waals surface area contributed by atoms with Crippen molar-refractivity contribution >= 4 is 17.5 Å². The molecule has 0 aromatic heterocycles. The summed E-state index contributed by atoms with van der Waals surface area (Å²) in [6.07, 6.45) is -4.39. The minimum atomic E-state index is -4.39. The summed E-state index contributed by atoms with van der Waals surface area (Å²) in [5.74, 6) is -0.289. The van der Waals surface area contributed by atoms with Crippen molar-refractivity contribution in [3.63, 3.8) is 0 Å². The van der Waals surface area contributed by atoms with E-state index in [1.54, 1.807) is 0 Å². The van der Waals surface area contributed by atoms with Crippen molar-refractivity contribution in [1.29, 1.82) is 0 Å². The SMILES string of the molecule is CCNC(=O)CN1CCN(CC(=O)Nc2ccc(C(F)(F)F)cc2)CC1.